The van der Waals surface area contributed by atoms with E-state index in [0.717, 1.165) is 10.0 Å². The molecule has 0 bridgehead atoms. The minimum absolute atomic E-state index is 0. The molecule has 0 aliphatic rings. The number of aryl methyl sites for hydroxylation is 1. The van der Waals surface area contributed by atoms with Crippen LogP contribution < -0.4 is 42.0 Å². The fraction of sp³-hybridized carbons (Fsp3) is 0.0714. The first-order chi connectivity index (χ1) is 9.11. The van der Waals surface area contributed by atoms with E-state index in [-0.39, 0.29) is 55.5 Å². The van der Waals surface area contributed by atoms with Crippen LogP contribution in [0, 0.1) is 6.92 Å². The average molecular weight is 423 g/mol. The molecule has 0 aromatic heterocycles. The van der Waals surface area contributed by atoms with Crippen LogP contribution in [0.1, 0.15) is 5.56 Å². The van der Waals surface area contributed by atoms with Crippen molar-refractivity contribution in [2.24, 2.45) is 0 Å². The summed E-state index contributed by atoms with van der Waals surface area (Å²) >= 11 is 15.5. The average Bonchev–Trinajstić information content (AvgIpc) is 2.46. The van der Waals surface area contributed by atoms with Crippen molar-refractivity contribution in [1.29, 1.82) is 0 Å². The van der Waals surface area contributed by atoms with E-state index in [1.165, 1.54) is 65.4 Å². The maximum absolute atomic E-state index is 5.55. The first-order valence-corrected chi connectivity index (χ1v) is 15.8. The van der Waals surface area contributed by atoms with Gasteiger partial charge in [0.2, 0.25) is 16.2 Å². The Bertz CT molecular complexity index is 459. The van der Waals surface area contributed by atoms with E-state index in [4.69, 9.17) is 23.2 Å². The first-order valence-electron chi connectivity index (χ1n) is 6.01. The summed E-state index contributed by atoms with van der Waals surface area (Å²) < 4.78 is 0. The Labute approximate surface area is 211 Å². The van der Waals surface area contributed by atoms with Crippen molar-refractivity contribution >= 4 is 97.5 Å². The topological polar surface area (TPSA) is 0 Å². The Balaban J connectivity index is -0.000000118. The summed E-state index contributed by atoms with van der Waals surface area (Å²) in [7, 11) is 0. The summed E-state index contributed by atoms with van der Waals surface area (Å²) in [5.41, 5.74) is 1.30. The van der Waals surface area contributed by atoms with Gasteiger partial charge in [0.15, 0.2) is 5.87 Å². The second-order valence-corrected chi connectivity index (χ2v) is 5.03. The summed E-state index contributed by atoms with van der Waals surface area (Å²) in [6.07, 6.45) is 0. The molecule has 106 valence electrons. The fourth-order valence-corrected chi connectivity index (χ4v) is 1.64. The van der Waals surface area contributed by atoms with Gasteiger partial charge in [0, 0.05) is 22.2 Å². The number of halogens is 3. The second-order valence-electron chi connectivity index (χ2n) is 3.39. The molecule has 0 radical (unpaired) electrons. The summed E-state index contributed by atoms with van der Waals surface area (Å²) in [5, 5.41) is 1.43. The van der Waals surface area contributed by atoms with E-state index in [0.29, 0.717) is 0 Å². The van der Waals surface area contributed by atoms with Crippen LogP contribution in [0.2, 0.25) is 10.0 Å². The summed E-state index contributed by atoms with van der Waals surface area (Å²) in [4.78, 5) is 1.22. The van der Waals surface area contributed by atoms with Crippen molar-refractivity contribution < 1.29 is 42.0 Å². The van der Waals surface area contributed by atoms with Crippen LogP contribution in [0.3, 0.4) is 0 Å². The zero-order valence-electron chi connectivity index (χ0n) is 13.4. The third-order valence-electron chi connectivity index (χ3n) is 1.99. The van der Waals surface area contributed by atoms with Gasteiger partial charge in [-0.25, -0.2) is 0 Å². The quantitative estimate of drug-likeness (QED) is 0.290. The molecule has 0 unspecified atom stereocenters. The molecule has 0 atom stereocenters. The minimum atomic E-state index is 0. The molecule has 0 saturated heterocycles. The molecule has 0 aliphatic heterocycles. The second kappa shape index (κ2) is 21.8. The predicted octanol–water partition coefficient (Wildman–Crippen LogP) is -1.78. The van der Waals surface area contributed by atoms with Crippen molar-refractivity contribution in [1.82, 2.24) is 0 Å². The predicted molar refractivity (Wildman–Crippen MR) is 102 cm³/mol. The molecule has 2 rings (SSSR count). The number of rotatable bonds is 1. The normalized spacial score (nSPS) is 7.41. The molecular formula is C14H15Cl3Na3S2+. The molecule has 0 spiro atoms. The molecule has 2 aromatic rings. The summed E-state index contributed by atoms with van der Waals surface area (Å²) in [6, 6.07) is 15.3. The molecule has 0 amide bonds. The van der Waals surface area contributed by atoms with E-state index in [9.17, 15) is 0 Å². The van der Waals surface area contributed by atoms with Gasteiger partial charge in [0.1, 0.15) is 0 Å². The SMILES string of the molecule is C=[S+]c1ccc(C)cc1.Clc1ccc(Cl)cc1.S.[Cl-].[Na+].[Na][Na]. The van der Waals surface area contributed by atoms with Gasteiger partial charge in [0.25, 0.3) is 0 Å². The van der Waals surface area contributed by atoms with Gasteiger partial charge in [-0.2, -0.15) is 13.5 Å². The fourth-order valence-electron chi connectivity index (χ4n) is 1.06. The third-order valence-corrected chi connectivity index (χ3v) is 3.10. The van der Waals surface area contributed by atoms with Gasteiger partial charge >= 0.3 is 73.2 Å². The third kappa shape index (κ3) is 17.6. The van der Waals surface area contributed by atoms with Crippen molar-refractivity contribution in [3.8, 4) is 0 Å². The molecule has 0 saturated carbocycles. The molecule has 22 heavy (non-hydrogen) atoms. The first kappa shape index (κ1) is 32.4. The summed E-state index contributed by atoms with van der Waals surface area (Å²) in [6.45, 7) is 2.08. The standard InChI is InChI=1S/C8H9S.C6H4Cl2.ClH.3Na.H2S/c1-7-3-5-8(9-2)6-4-7;7-5-1-2-6(8)4-3-5;;;;;/h3-6H,2H2,1H3;1-4H;1H;;;;1H2/q+1;;;;;+1;/p-1. The number of hydrogen-bond donors (Lipinski definition) is 0. The Morgan fingerprint density at radius 2 is 1.18 bits per heavy atom. The Hall–Kier alpha value is 2.75. The molecule has 8 heteroatoms. The van der Waals surface area contributed by atoms with Crippen molar-refractivity contribution in [3.63, 3.8) is 0 Å². The van der Waals surface area contributed by atoms with E-state index in [1.807, 2.05) is 0 Å². The van der Waals surface area contributed by atoms with Crippen molar-refractivity contribution in [2.75, 3.05) is 0 Å². The Morgan fingerprint density at radius 3 is 1.45 bits per heavy atom. The van der Waals surface area contributed by atoms with Crippen LogP contribution in [0.25, 0.3) is 0 Å². The molecule has 0 nitrogen and oxygen atoms in total. The van der Waals surface area contributed by atoms with Crippen LogP contribution in [0.5, 0.6) is 0 Å². The molecule has 0 aliphatic carbocycles. The zero-order chi connectivity index (χ0) is 14.7. The van der Waals surface area contributed by atoms with Gasteiger partial charge < -0.3 is 12.4 Å². The molecule has 2 aromatic carbocycles. The van der Waals surface area contributed by atoms with Crippen molar-refractivity contribution in [3.05, 3.63) is 64.1 Å². The Morgan fingerprint density at radius 1 is 0.864 bits per heavy atom. The van der Waals surface area contributed by atoms with Gasteiger partial charge in [-0.15, -0.1) is 0 Å². The summed E-state index contributed by atoms with van der Waals surface area (Å²) in [5.74, 6) is 3.70. The van der Waals surface area contributed by atoms with Crippen LogP contribution in [0.4, 0.5) is 0 Å². The van der Waals surface area contributed by atoms with E-state index >= 15 is 0 Å². The van der Waals surface area contributed by atoms with Crippen molar-refractivity contribution in [2.45, 2.75) is 11.8 Å². The zero-order valence-corrected chi connectivity index (χ0v) is 23.5. The van der Waals surface area contributed by atoms with E-state index < -0.39 is 0 Å². The maximum atomic E-state index is 5.55. The van der Waals surface area contributed by atoms with Crippen LogP contribution in [0.15, 0.2) is 53.4 Å². The van der Waals surface area contributed by atoms with E-state index in [1.54, 1.807) is 24.3 Å². The van der Waals surface area contributed by atoms with Gasteiger partial charge in [0.05, 0.1) is 0 Å². The van der Waals surface area contributed by atoms with Crippen LogP contribution >= 0.6 is 36.7 Å². The molecule has 0 heterocycles. The van der Waals surface area contributed by atoms with Crippen LogP contribution in [-0.4, -0.2) is 49.5 Å². The van der Waals surface area contributed by atoms with Gasteiger partial charge in [-0.3, -0.25) is 0 Å². The van der Waals surface area contributed by atoms with E-state index in [2.05, 4.69) is 37.1 Å². The van der Waals surface area contributed by atoms with Crippen LogP contribution in [-0.2, 0) is 11.4 Å². The molecular weight excluding hydrogens is 408 g/mol. The number of benzene rings is 2. The molecule has 0 N–H and O–H groups in total. The Kier molecular flexibility index (Phi) is 32.1. The molecule has 0 fully saturated rings. The van der Waals surface area contributed by atoms with Gasteiger partial charge in [-0.1, -0.05) is 40.9 Å². The monoisotopic (exact) mass is 421 g/mol. The van der Waals surface area contributed by atoms with Gasteiger partial charge in [-0.05, 0) is 31.2 Å². The number of hydrogen-bond acceptors (Lipinski definition) is 0.